The maximum atomic E-state index is 12.5. The van der Waals surface area contributed by atoms with Gasteiger partial charge in [-0.05, 0) is 31.1 Å². The summed E-state index contributed by atoms with van der Waals surface area (Å²) in [6.45, 7) is 6.73. The van der Waals surface area contributed by atoms with Crippen LogP contribution in [-0.2, 0) is 0 Å². The number of nitrogens with zero attached hydrogens (tertiary/aromatic N) is 2. The quantitative estimate of drug-likeness (QED) is 0.868. The van der Waals surface area contributed by atoms with Gasteiger partial charge in [-0.15, -0.1) is 0 Å². The van der Waals surface area contributed by atoms with Crippen molar-refractivity contribution in [2.24, 2.45) is 17.6 Å². The van der Waals surface area contributed by atoms with Crippen LogP contribution in [0.2, 0.25) is 0 Å². The van der Waals surface area contributed by atoms with Gasteiger partial charge in [-0.25, -0.2) is 0 Å². The third-order valence-electron chi connectivity index (χ3n) is 5.09. The second-order valence-corrected chi connectivity index (χ2v) is 7.16. The molecule has 124 valence electrons. The molecule has 0 aromatic heterocycles. The predicted molar refractivity (Wildman–Crippen MR) is 78.0 cm³/mol. The maximum absolute atomic E-state index is 12.5. The monoisotopic (exact) mass is 307 g/mol. The van der Waals surface area contributed by atoms with Gasteiger partial charge in [-0.2, -0.15) is 13.2 Å². The molecule has 1 aliphatic carbocycles. The zero-order valence-corrected chi connectivity index (χ0v) is 13.1. The first kappa shape index (κ1) is 17.0. The summed E-state index contributed by atoms with van der Waals surface area (Å²) in [6, 6.07) is 0. The third kappa shape index (κ3) is 4.33. The highest BCUT2D eigenvalue weighted by Gasteiger charge is 2.43. The Morgan fingerprint density at radius 3 is 2.00 bits per heavy atom. The fourth-order valence-corrected chi connectivity index (χ4v) is 4.42. The molecule has 0 aromatic carbocycles. The van der Waals surface area contributed by atoms with Crippen LogP contribution in [0.3, 0.4) is 0 Å². The zero-order valence-electron chi connectivity index (χ0n) is 13.1. The maximum Gasteiger partial charge on any atom is 0.401 e. The van der Waals surface area contributed by atoms with Crippen LogP contribution in [0.1, 0.15) is 33.1 Å². The summed E-state index contributed by atoms with van der Waals surface area (Å²) >= 11 is 0. The average molecular weight is 307 g/mol. The second-order valence-electron chi connectivity index (χ2n) is 7.16. The molecule has 1 heterocycles. The van der Waals surface area contributed by atoms with Crippen LogP contribution in [0.4, 0.5) is 13.2 Å². The van der Waals surface area contributed by atoms with Gasteiger partial charge in [-0.3, -0.25) is 9.80 Å². The predicted octanol–water partition coefficient (Wildman–Crippen LogP) is 2.32. The normalized spacial score (nSPS) is 36.9. The Morgan fingerprint density at radius 1 is 1.05 bits per heavy atom. The van der Waals surface area contributed by atoms with Crippen LogP contribution in [0.5, 0.6) is 0 Å². The molecule has 1 saturated carbocycles. The molecule has 0 aromatic rings. The lowest BCUT2D eigenvalue weighted by atomic mass is 9.70. The van der Waals surface area contributed by atoms with Gasteiger partial charge in [0.25, 0.3) is 0 Å². The molecule has 2 unspecified atom stereocenters. The fourth-order valence-electron chi connectivity index (χ4n) is 4.42. The number of piperazine rings is 1. The van der Waals surface area contributed by atoms with E-state index in [2.05, 4.69) is 18.7 Å². The van der Waals surface area contributed by atoms with E-state index in [-0.39, 0.29) is 5.54 Å². The van der Waals surface area contributed by atoms with E-state index in [9.17, 15) is 13.2 Å². The third-order valence-corrected chi connectivity index (χ3v) is 5.09. The van der Waals surface area contributed by atoms with Gasteiger partial charge in [0.05, 0.1) is 6.54 Å². The first-order chi connectivity index (χ1) is 9.74. The molecular weight excluding hydrogens is 279 g/mol. The van der Waals surface area contributed by atoms with Crippen molar-refractivity contribution < 1.29 is 13.2 Å². The molecule has 2 rings (SSSR count). The summed E-state index contributed by atoms with van der Waals surface area (Å²) in [5.41, 5.74) is 6.10. The van der Waals surface area contributed by atoms with E-state index in [0.717, 1.165) is 12.8 Å². The molecule has 2 fully saturated rings. The molecule has 3 nitrogen and oxygen atoms in total. The molecular formula is C15H28F3N3. The summed E-state index contributed by atoms with van der Waals surface area (Å²) in [4.78, 5) is 3.88. The topological polar surface area (TPSA) is 32.5 Å². The molecule has 0 bridgehead atoms. The minimum atomic E-state index is -4.10. The van der Waals surface area contributed by atoms with Crippen molar-refractivity contribution in [2.45, 2.75) is 44.8 Å². The Morgan fingerprint density at radius 2 is 1.57 bits per heavy atom. The molecule has 2 N–H and O–H groups in total. The van der Waals surface area contributed by atoms with Crippen LogP contribution in [0.25, 0.3) is 0 Å². The van der Waals surface area contributed by atoms with Gasteiger partial charge < -0.3 is 5.73 Å². The summed E-state index contributed by atoms with van der Waals surface area (Å²) in [5, 5.41) is 0. The summed E-state index contributed by atoms with van der Waals surface area (Å²) in [7, 11) is 0. The van der Waals surface area contributed by atoms with E-state index in [4.69, 9.17) is 5.73 Å². The SMILES string of the molecule is CC1CC(C)CC(CN)(N2CCN(CC(F)(F)F)CC2)C1. The van der Waals surface area contributed by atoms with E-state index >= 15 is 0 Å². The first-order valence-electron chi connectivity index (χ1n) is 7.98. The van der Waals surface area contributed by atoms with Gasteiger partial charge >= 0.3 is 6.18 Å². The smallest absolute Gasteiger partial charge is 0.329 e. The number of nitrogens with two attached hydrogens (primary N) is 1. The van der Waals surface area contributed by atoms with E-state index < -0.39 is 12.7 Å². The lowest BCUT2D eigenvalue weighted by molar-refractivity contribution is -0.151. The molecule has 2 atom stereocenters. The minimum Gasteiger partial charge on any atom is -0.329 e. The van der Waals surface area contributed by atoms with Crippen molar-refractivity contribution in [1.82, 2.24) is 9.80 Å². The highest BCUT2D eigenvalue weighted by Crippen LogP contribution is 2.39. The lowest BCUT2D eigenvalue weighted by Crippen LogP contribution is -2.62. The van der Waals surface area contributed by atoms with Crippen LogP contribution >= 0.6 is 0 Å². The molecule has 2 aliphatic rings. The molecule has 0 amide bonds. The Kier molecular flexibility index (Phi) is 5.21. The highest BCUT2D eigenvalue weighted by molar-refractivity contribution is 4.99. The number of rotatable bonds is 3. The van der Waals surface area contributed by atoms with Gasteiger partial charge in [0, 0.05) is 38.3 Å². The molecule has 0 spiro atoms. The highest BCUT2D eigenvalue weighted by atomic mass is 19.4. The van der Waals surface area contributed by atoms with Gasteiger partial charge in [0.15, 0.2) is 0 Å². The molecule has 21 heavy (non-hydrogen) atoms. The van der Waals surface area contributed by atoms with Crippen molar-refractivity contribution in [1.29, 1.82) is 0 Å². The van der Waals surface area contributed by atoms with Crippen molar-refractivity contribution in [3.05, 3.63) is 0 Å². The Hall–Kier alpha value is -0.330. The minimum absolute atomic E-state index is 0.00139. The fraction of sp³-hybridized carbons (Fsp3) is 1.00. The number of halogens is 3. The summed E-state index contributed by atoms with van der Waals surface area (Å²) in [6.07, 6.45) is -0.711. The number of alkyl halides is 3. The van der Waals surface area contributed by atoms with Crippen LogP contribution in [0.15, 0.2) is 0 Å². The first-order valence-corrected chi connectivity index (χ1v) is 7.98. The molecule has 0 radical (unpaired) electrons. The summed E-state index contributed by atoms with van der Waals surface area (Å²) in [5.74, 6) is 1.29. The molecule has 1 saturated heterocycles. The van der Waals surface area contributed by atoms with Crippen molar-refractivity contribution in [2.75, 3.05) is 39.3 Å². The summed E-state index contributed by atoms with van der Waals surface area (Å²) < 4.78 is 37.4. The van der Waals surface area contributed by atoms with Gasteiger partial charge in [0.2, 0.25) is 0 Å². The van der Waals surface area contributed by atoms with Crippen molar-refractivity contribution in [3.8, 4) is 0 Å². The van der Waals surface area contributed by atoms with E-state index in [1.165, 1.54) is 11.3 Å². The van der Waals surface area contributed by atoms with E-state index in [0.29, 0.717) is 44.6 Å². The van der Waals surface area contributed by atoms with Crippen molar-refractivity contribution >= 4 is 0 Å². The van der Waals surface area contributed by atoms with Crippen LogP contribution in [0, 0.1) is 11.8 Å². The van der Waals surface area contributed by atoms with Gasteiger partial charge in [-0.1, -0.05) is 13.8 Å². The number of hydrogen-bond donors (Lipinski definition) is 1. The Balaban J connectivity index is 1.96. The second kappa shape index (κ2) is 6.42. The number of hydrogen-bond acceptors (Lipinski definition) is 3. The molecule has 6 heteroatoms. The largest absolute Gasteiger partial charge is 0.401 e. The van der Waals surface area contributed by atoms with Gasteiger partial charge in [0.1, 0.15) is 0 Å². The van der Waals surface area contributed by atoms with Crippen molar-refractivity contribution in [3.63, 3.8) is 0 Å². The van der Waals surface area contributed by atoms with E-state index in [1.807, 2.05) is 0 Å². The average Bonchev–Trinajstić information content (AvgIpc) is 2.36. The standard InChI is InChI=1S/C15H28F3N3/c1-12-7-13(2)9-14(8-12,10-19)21-5-3-20(4-6-21)11-15(16,17)18/h12-13H,3-11,19H2,1-2H3. The lowest BCUT2D eigenvalue weighted by Gasteiger charge is -2.52. The Bertz CT molecular complexity index is 328. The zero-order chi connectivity index (χ0) is 15.7. The molecule has 1 aliphatic heterocycles. The van der Waals surface area contributed by atoms with Crippen LogP contribution < -0.4 is 5.73 Å². The Labute approximate surface area is 125 Å². The van der Waals surface area contributed by atoms with Crippen LogP contribution in [-0.4, -0.2) is 60.8 Å². The van der Waals surface area contributed by atoms with E-state index in [1.54, 1.807) is 0 Å².